The number of hydrogen-bond donors (Lipinski definition) is 0. The summed E-state index contributed by atoms with van der Waals surface area (Å²) in [6.45, 7) is 5.21. The monoisotopic (exact) mass is 259 g/mol. The first-order valence-corrected chi connectivity index (χ1v) is 6.77. The minimum absolute atomic E-state index is 0.236. The molecule has 0 N–H and O–H groups in total. The predicted molar refractivity (Wildman–Crippen MR) is 76.1 cm³/mol. The molecule has 0 aromatic heterocycles. The second-order valence-electron chi connectivity index (χ2n) is 5.80. The Morgan fingerprint density at radius 3 is 2.58 bits per heavy atom. The smallest absolute Gasteiger partial charge is 0.106 e. The van der Waals surface area contributed by atoms with Crippen LogP contribution in [0, 0.1) is 5.41 Å². The summed E-state index contributed by atoms with van der Waals surface area (Å²) < 4.78 is 0. The van der Waals surface area contributed by atoms with E-state index in [9.17, 15) is 0 Å². The lowest BCUT2D eigenvalue weighted by molar-refractivity contribution is 0.0681. The minimum atomic E-state index is 0.236. The molecule has 2 aliphatic rings. The Bertz CT molecular complexity index is 466. The topological polar surface area (TPSA) is 28.1 Å². The van der Waals surface area contributed by atoms with E-state index in [1.165, 1.54) is 11.3 Å². The highest BCUT2D eigenvalue weighted by Crippen LogP contribution is 2.37. The predicted octanol–water partition coefficient (Wildman–Crippen LogP) is 1.44. The van der Waals surface area contributed by atoms with Crippen LogP contribution in [0.2, 0.25) is 0 Å². The number of hydrogen-bond acceptors (Lipinski definition) is 4. The van der Waals surface area contributed by atoms with Gasteiger partial charge in [-0.1, -0.05) is 35.5 Å². The van der Waals surface area contributed by atoms with Crippen molar-refractivity contribution >= 4 is 5.71 Å². The van der Waals surface area contributed by atoms with Crippen molar-refractivity contribution in [1.29, 1.82) is 0 Å². The largest absolute Gasteiger partial charge is 0.399 e. The Kier molecular flexibility index (Phi) is 3.29. The van der Waals surface area contributed by atoms with Gasteiger partial charge in [0, 0.05) is 32.7 Å². The van der Waals surface area contributed by atoms with Crippen molar-refractivity contribution in [1.82, 2.24) is 9.80 Å². The van der Waals surface area contributed by atoms with E-state index >= 15 is 0 Å². The van der Waals surface area contributed by atoms with Crippen LogP contribution in [0.15, 0.2) is 35.5 Å². The maximum Gasteiger partial charge on any atom is 0.106 e. The van der Waals surface area contributed by atoms with Gasteiger partial charge in [-0.2, -0.15) is 0 Å². The molecular formula is C15H21N3O. The molecule has 0 bridgehead atoms. The van der Waals surface area contributed by atoms with Gasteiger partial charge in [0.05, 0.1) is 11.1 Å². The van der Waals surface area contributed by atoms with E-state index < -0.39 is 0 Å². The Morgan fingerprint density at radius 1 is 1.21 bits per heavy atom. The molecule has 2 aliphatic heterocycles. The highest BCUT2D eigenvalue weighted by atomic mass is 16.6. The van der Waals surface area contributed by atoms with Crippen molar-refractivity contribution in [3.8, 4) is 0 Å². The summed E-state index contributed by atoms with van der Waals surface area (Å²) in [6, 6.07) is 10.6. The minimum Gasteiger partial charge on any atom is -0.399 e. The summed E-state index contributed by atoms with van der Waals surface area (Å²) in [6.07, 6.45) is 0. The molecule has 4 heteroatoms. The maximum absolute atomic E-state index is 5.03. The molecule has 1 aromatic rings. The molecule has 0 saturated carbocycles. The van der Waals surface area contributed by atoms with Crippen molar-refractivity contribution < 1.29 is 4.84 Å². The number of nitrogens with zero attached hydrogens (tertiary/aromatic N) is 3. The summed E-state index contributed by atoms with van der Waals surface area (Å²) in [5, 5.41) is 4.27. The average Bonchev–Trinajstić information content (AvgIpc) is 2.69. The third kappa shape index (κ3) is 2.38. The van der Waals surface area contributed by atoms with Gasteiger partial charge >= 0.3 is 0 Å². The quantitative estimate of drug-likeness (QED) is 0.769. The zero-order valence-electron chi connectivity index (χ0n) is 11.7. The lowest BCUT2D eigenvalue weighted by atomic mass is 9.78. The molecule has 0 amide bonds. The SMILES string of the molecule is CON=C1CN(Cc2ccccc2)CC12CN(C)C2. The zero-order chi connectivity index (χ0) is 13.3. The zero-order valence-corrected chi connectivity index (χ0v) is 11.7. The summed E-state index contributed by atoms with van der Waals surface area (Å²) in [4.78, 5) is 9.85. The normalized spacial score (nSPS) is 24.8. The molecule has 2 fully saturated rings. The number of oxime groups is 1. The Labute approximate surface area is 114 Å². The number of likely N-dealkylation sites (tertiary alicyclic amines) is 2. The second-order valence-corrected chi connectivity index (χ2v) is 5.80. The van der Waals surface area contributed by atoms with Gasteiger partial charge in [0.15, 0.2) is 0 Å². The highest BCUT2D eigenvalue weighted by Gasteiger charge is 2.51. The fraction of sp³-hybridized carbons (Fsp3) is 0.533. The van der Waals surface area contributed by atoms with E-state index in [-0.39, 0.29) is 5.41 Å². The first-order chi connectivity index (χ1) is 9.22. The van der Waals surface area contributed by atoms with Crippen LogP contribution < -0.4 is 0 Å². The Morgan fingerprint density at radius 2 is 1.95 bits per heavy atom. The Hall–Kier alpha value is -1.39. The summed E-state index contributed by atoms with van der Waals surface area (Å²) >= 11 is 0. The van der Waals surface area contributed by atoms with Crippen LogP contribution in [-0.2, 0) is 11.4 Å². The molecule has 4 nitrogen and oxygen atoms in total. The molecule has 0 unspecified atom stereocenters. The molecule has 102 valence electrons. The molecule has 1 spiro atoms. The van der Waals surface area contributed by atoms with Crippen LogP contribution in [-0.4, -0.2) is 55.8 Å². The lowest BCUT2D eigenvalue weighted by Crippen LogP contribution is -2.59. The third-order valence-corrected chi connectivity index (χ3v) is 4.11. The fourth-order valence-electron chi connectivity index (χ4n) is 3.41. The van der Waals surface area contributed by atoms with Crippen LogP contribution in [0.3, 0.4) is 0 Å². The van der Waals surface area contributed by atoms with Crippen molar-refractivity contribution in [3.05, 3.63) is 35.9 Å². The van der Waals surface area contributed by atoms with E-state index in [0.29, 0.717) is 0 Å². The van der Waals surface area contributed by atoms with Crippen LogP contribution in [0.4, 0.5) is 0 Å². The summed E-state index contributed by atoms with van der Waals surface area (Å²) in [5.74, 6) is 0. The molecule has 0 radical (unpaired) electrons. The van der Waals surface area contributed by atoms with Gasteiger partial charge in [-0.3, -0.25) is 4.90 Å². The summed E-state index contributed by atoms with van der Waals surface area (Å²) in [5.41, 5.74) is 2.81. The highest BCUT2D eigenvalue weighted by molar-refractivity contribution is 5.95. The van der Waals surface area contributed by atoms with Gasteiger partial charge in [-0.25, -0.2) is 0 Å². The maximum atomic E-state index is 5.03. The van der Waals surface area contributed by atoms with Crippen LogP contribution in [0.25, 0.3) is 0 Å². The fourth-order valence-corrected chi connectivity index (χ4v) is 3.41. The van der Waals surface area contributed by atoms with E-state index in [2.05, 4.69) is 52.3 Å². The lowest BCUT2D eigenvalue weighted by Gasteiger charge is -2.45. The van der Waals surface area contributed by atoms with Gasteiger partial charge in [0.1, 0.15) is 7.11 Å². The van der Waals surface area contributed by atoms with Crippen molar-refractivity contribution in [3.63, 3.8) is 0 Å². The standard InChI is InChI=1S/C15H21N3O/c1-17-10-15(11-17)12-18(9-14(15)16-19-2)8-13-6-4-3-5-7-13/h3-7H,8-12H2,1-2H3. The van der Waals surface area contributed by atoms with Gasteiger partial charge in [0.25, 0.3) is 0 Å². The molecule has 19 heavy (non-hydrogen) atoms. The number of benzene rings is 1. The molecule has 0 atom stereocenters. The van der Waals surface area contributed by atoms with Gasteiger partial charge in [-0.15, -0.1) is 0 Å². The van der Waals surface area contributed by atoms with Crippen molar-refractivity contribution in [2.75, 3.05) is 40.3 Å². The second kappa shape index (κ2) is 4.94. The van der Waals surface area contributed by atoms with Crippen molar-refractivity contribution in [2.45, 2.75) is 6.54 Å². The van der Waals surface area contributed by atoms with E-state index in [1.54, 1.807) is 7.11 Å². The summed E-state index contributed by atoms with van der Waals surface area (Å²) in [7, 11) is 3.80. The van der Waals surface area contributed by atoms with E-state index in [0.717, 1.165) is 32.7 Å². The first-order valence-electron chi connectivity index (χ1n) is 6.77. The molecule has 1 aromatic carbocycles. The van der Waals surface area contributed by atoms with Crippen LogP contribution >= 0.6 is 0 Å². The van der Waals surface area contributed by atoms with Crippen molar-refractivity contribution in [2.24, 2.45) is 10.6 Å². The van der Waals surface area contributed by atoms with Crippen LogP contribution in [0.5, 0.6) is 0 Å². The average molecular weight is 259 g/mol. The molecule has 2 saturated heterocycles. The van der Waals surface area contributed by atoms with Gasteiger partial charge in [0.2, 0.25) is 0 Å². The Balaban J connectivity index is 1.71. The molecular weight excluding hydrogens is 238 g/mol. The molecule has 2 heterocycles. The molecule has 0 aliphatic carbocycles. The van der Waals surface area contributed by atoms with E-state index in [4.69, 9.17) is 4.84 Å². The molecule has 3 rings (SSSR count). The third-order valence-electron chi connectivity index (χ3n) is 4.11. The van der Waals surface area contributed by atoms with E-state index in [1.807, 2.05) is 0 Å². The first kappa shape index (κ1) is 12.6. The van der Waals surface area contributed by atoms with Crippen LogP contribution in [0.1, 0.15) is 5.56 Å². The number of rotatable bonds is 3. The van der Waals surface area contributed by atoms with Gasteiger partial charge in [-0.05, 0) is 12.6 Å². The van der Waals surface area contributed by atoms with Gasteiger partial charge < -0.3 is 9.74 Å².